The molecule has 0 aliphatic carbocycles. The third-order valence-electron chi connectivity index (χ3n) is 3.36. The first kappa shape index (κ1) is 14.7. The molecule has 1 N–H and O–H groups in total. The van der Waals surface area contributed by atoms with Crippen LogP contribution in [0.3, 0.4) is 0 Å². The van der Waals surface area contributed by atoms with Gasteiger partial charge in [-0.1, -0.05) is 31.0 Å². The van der Waals surface area contributed by atoms with Gasteiger partial charge in [-0.3, -0.25) is 9.69 Å². The minimum Gasteiger partial charge on any atom is -0.294 e. The molecule has 5 heteroatoms. The summed E-state index contributed by atoms with van der Waals surface area (Å²) in [6, 6.07) is 6.31. The maximum Gasteiger partial charge on any atom is 0.254 e. The predicted molar refractivity (Wildman–Crippen MR) is 77.0 cm³/mol. The van der Waals surface area contributed by atoms with Gasteiger partial charge in [-0.05, 0) is 32.0 Å². The fourth-order valence-electron chi connectivity index (χ4n) is 2.29. The topological polar surface area (TPSA) is 44.7 Å². The molecule has 0 aromatic heterocycles. The van der Waals surface area contributed by atoms with Gasteiger partial charge in [0.2, 0.25) is 0 Å². The fourth-order valence-corrected chi connectivity index (χ4v) is 2.29. The Kier molecular flexibility index (Phi) is 5.68. The molecule has 0 radical (unpaired) electrons. The molecule has 0 atom stereocenters. The highest BCUT2D eigenvalue weighted by Gasteiger charge is 2.12. The van der Waals surface area contributed by atoms with E-state index in [1.54, 1.807) is 18.2 Å². The van der Waals surface area contributed by atoms with E-state index in [0.717, 1.165) is 25.9 Å². The van der Waals surface area contributed by atoms with Crippen molar-refractivity contribution in [3.05, 3.63) is 35.6 Å². The molecule has 1 aliphatic heterocycles. The highest BCUT2D eigenvalue weighted by Crippen LogP contribution is 2.08. The standard InChI is InChI=1S/C15H20FN3O/c16-14-8-4-3-7-13(14)11-17-18-15(20)12-19-9-5-1-2-6-10-19/h3-4,7-8,11H,1-2,5-6,9-10,12H2,(H,18,20)/b17-11-. The summed E-state index contributed by atoms with van der Waals surface area (Å²) in [5.74, 6) is -0.502. The van der Waals surface area contributed by atoms with Crippen LogP contribution in [0, 0.1) is 5.82 Å². The number of carbonyl (C=O) groups is 1. The summed E-state index contributed by atoms with van der Waals surface area (Å²) in [6.45, 7) is 2.28. The monoisotopic (exact) mass is 277 g/mol. The van der Waals surface area contributed by atoms with Crippen LogP contribution in [0.15, 0.2) is 29.4 Å². The van der Waals surface area contributed by atoms with E-state index in [1.165, 1.54) is 25.1 Å². The number of hydrogen-bond acceptors (Lipinski definition) is 3. The van der Waals surface area contributed by atoms with Gasteiger partial charge < -0.3 is 0 Å². The Labute approximate surface area is 118 Å². The summed E-state index contributed by atoms with van der Waals surface area (Å²) in [5, 5.41) is 3.80. The molecule has 1 amide bonds. The van der Waals surface area contributed by atoms with Crippen LogP contribution < -0.4 is 5.43 Å². The van der Waals surface area contributed by atoms with Crippen molar-refractivity contribution in [2.45, 2.75) is 25.7 Å². The van der Waals surface area contributed by atoms with Gasteiger partial charge in [0.15, 0.2) is 0 Å². The smallest absolute Gasteiger partial charge is 0.254 e. The van der Waals surface area contributed by atoms with E-state index in [-0.39, 0.29) is 11.7 Å². The number of amides is 1. The molecule has 1 aliphatic rings. The zero-order valence-corrected chi connectivity index (χ0v) is 11.5. The van der Waals surface area contributed by atoms with Crippen molar-refractivity contribution in [1.29, 1.82) is 0 Å². The van der Waals surface area contributed by atoms with Crippen molar-refractivity contribution >= 4 is 12.1 Å². The number of benzene rings is 1. The molecule has 20 heavy (non-hydrogen) atoms. The normalized spacial score (nSPS) is 17.1. The molecule has 4 nitrogen and oxygen atoms in total. The van der Waals surface area contributed by atoms with Gasteiger partial charge in [-0.2, -0.15) is 5.10 Å². The largest absolute Gasteiger partial charge is 0.294 e. The average molecular weight is 277 g/mol. The van der Waals surface area contributed by atoms with Crippen LogP contribution in [0.5, 0.6) is 0 Å². The first-order valence-electron chi connectivity index (χ1n) is 7.04. The zero-order chi connectivity index (χ0) is 14.2. The number of hydrazone groups is 1. The number of likely N-dealkylation sites (tertiary alicyclic amines) is 1. The van der Waals surface area contributed by atoms with Gasteiger partial charge >= 0.3 is 0 Å². The minimum absolute atomic E-state index is 0.153. The maximum atomic E-state index is 13.3. The summed E-state index contributed by atoms with van der Waals surface area (Å²) >= 11 is 0. The van der Waals surface area contributed by atoms with Gasteiger partial charge in [0.25, 0.3) is 5.91 Å². The number of hydrogen-bond donors (Lipinski definition) is 1. The van der Waals surface area contributed by atoms with Gasteiger partial charge in [0.05, 0.1) is 12.8 Å². The Balaban J connectivity index is 1.78. The molecule has 1 aromatic carbocycles. The highest BCUT2D eigenvalue weighted by molar-refractivity contribution is 5.83. The van der Waals surface area contributed by atoms with Crippen LogP contribution in [-0.4, -0.2) is 36.7 Å². The highest BCUT2D eigenvalue weighted by atomic mass is 19.1. The Bertz CT molecular complexity index is 468. The van der Waals surface area contributed by atoms with E-state index in [0.29, 0.717) is 12.1 Å². The van der Waals surface area contributed by atoms with Gasteiger partial charge in [-0.25, -0.2) is 9.82 Å². The van der Waals surface area contributed by atoms with Crippen LogP contribution in [0.1, 0.15) is 31.2 Å². The zero-order valence-electron chi connectivity index (χ0n) is 11.5. The summed E-state index contributed by atoms with van der Waals surface area (Å²) in [5.41, 5.74) is 2.81. The average Bonchev–Trinajstić information content (AvgIpc) is 2.69. The van der Waals surface area contributed by atoms with E-state index in [9.17, 15) is 9.18 Å². The molecule has 2 rings (SSSR count). The second kappa shape index (κ2) is 7.75. The number of carbonyl (C=O) groups excluding carboxylic acids is 1. The Hall–Kier alpha value is -1.75. The first-order valence-corrected chi connectivity index (χ1v) is 7.04. The van der Waals surface area contributed by atoms with Gasteiger partial charge in [0.1, 0.15) is 5.82 Å². The summed E-state index contributed by atoms with van der Waals surface area (Å²) in [4.78, 5) is 13.9. The fraction of sp³-hybridized carbons (Fsp3) is 0.467. The first-order chi connectivity index (χ1) is 9.75. The number of halogens is 1. The lowest BCUT2D eigenvalue weighted by Gasteiger charge is -2.17. The van der Waals surface area contributed by atoms with E-state index < -0.39 is 0 Å². The molecule has 0 saturated carbocycles. The number of nitrogens with zero attached hydrogens (tertiary/aromatic N) is 2. The molecule has 1 fully saturated rings. The quantitative estimate of drug-likeness (QED) is 0.677. The lowest BCUT2D eigenvalue weighted by Crippen LogP contribution is -2.35. The number of nitrogens with one attached hydrogen (secondary N) is 1. The SMILES string of the molecule is O=C(CN1CCCCCC1)N/N=C\c1ccccc1F. The van der Waals surface area contributed by atoms with Crippen LogP contribution >= 0.6 is 0 Å². The maximum absolute atomic E-state index is 13.3. The molecule has 0 unspecified atom stereocenters. The lowest BCUT2D eigenvalue weighted by molar-refractivity contribution is -0.122. The molecular formula is C15H20FN3O. The molecule has 108 valence electrons. The van der Waals surface area contributed by atoms with Crippen LogP contribution in [-0.2, 0) is 4.79 Å². The third kappa shape index (κ3) is 4.74. The van der Waals surface area contributed by atoms with Crippen LogP contribution in [0.25, 0.3) is 0 Å². The van der Waals surface area contributed by atoms with E-state index in [1.807, 2.05) is 0 Å². The third-order valence-corrected chi connectivity index (χ3v) is 3.36. The van der Waals surface area contributed by atoms with Crippen molar-refractivity contribution in [2.24, 2.45) is 5.10 Å². The Morgan fingerprint density at radius 1 is 1.25 bits per heavy atom. The second-order valence-electron chi connectivity index (χ2n) is 5.01. The van der Waals surface area contributed by atoms with Crippen molar-refractivity contribution in [3.8, 4) is 0 Å². The predicted octanol–water partition coefficient (Wildman–Crippen LogP) is 2.15. The minimum atomic E-state index is -0.349. The Morgan fingerprint density at radius 3 is 2.65 bits per heavy atom. The molecular weight excluding hydrogens is 257 g/mol. The number of rotatable bonds is 4. The lowest BCUT2D eigenvalue weighted by atomic mass is 10.2. The van der Waals surface area contributed by atoms with Gasteiger partial charge in [0, 0.05) is 5.56 Å². The van der Waals surface area contributed by atoms with Crippen LogP contribution in [0.2, 0.25) is 0 Å². The van der Waals surface area contributed by atoms with Crippen LogP contribution in [0.4, 0.5) is 4.39 Å². The molecule has 0 spiro atoms. The van der Waals surface area contributed by atoms with Crippen molar-refractivity contribution < 1.29 is 9.18 Å². The van der Waals surface area contributed by atoms with Crippen molar-refractivity contribution in [1.82, 2.24) is 10.3 Å². The molecule has 0 bridgehead atoms. The van der Waals surface area contributed by atoms with Crippen molar-refractivity contribution in [3.63, 3.8) is 0 Å². The van der Waals surface area contributed by atoms with E-state index >= 15 is 0 Å². The molecule has 1 heterocycles. The summed E-state index contributed by atoms with van der Waals surface area (Å²) < 4.78 is 13.3. The molecule has 1 aromatic rings. The molecule has 1 saturated heterocycles. The van der Waals surface area contributed by atoms with Crippen molar-refractivity contribution in [2.75, 3.05) is 19.6 Å². The van der Waals surface area contributed by atoms with E-state index in [4.69, 9.17) is 0 Å². The Morgan fingerprint density at radius 2 is 1.95 bits per heavy atom. The van der Waals surface area contributed by atoms with E-state index in [2.05, 4.69) is 15.4 Å². The summed E-state index contributed by atoms with van der Waals surface area (Å²) in [6.07, 6.45) is 6.10. The second-order valence-corrected chi connectivity index (χ2v) is 5.01. The summed E-state index contributed by atoms with van der Waals surface area (Å²) in [7, 11) is 0. The van der Waals surface area contributed by atoms with Gasteiger partial charge in [-0.15, -0.1) is 0 Å².